The highest BCUT2D eigenvalue weighted by Crippen LogP contribution is 2.19. The van der Waals surface area contributed by atoms with E-state index in [0.29, 0.717) is 17.3 Å². The monoisotopic (exact) mass is 309 g/mol. The minimum atomic E-state index is -0.0794. The third-order valence-electron chi connectivity index (χ3n) is 2.88. The molecule has 0 aliphatic rings. The fourth-order valence-electron chi connectivity index (χ4n) is 1.79. The van der Waals surface area contributed by atoms with Crippen molar-refractivity contribution < 1.29 is 4.79 Å². The lowest BCUT2D eigenvalue weighted by Gasteiger charge is -2.17. The molecule has 6 heteroatoms. The SMILES string of the molecule is CC(C)c1cc(C(=O)N(C)Cc2cscn2)cc(Cl)n1. The van der Waals surface area contributed by atoms with Crippen molar-refractivity contribution in [1.29, 1.82) is 0 Å². The molecule has 1 amide bonds. The van der Waals surface area contributed by atoms with Gasteiger partial charge in [0.1, 0.15) is 5.15 Å². The number of carbonyl (C=O) groups is 1. The lowest BCUT2D eigenvalue weighted by atomic mass is 10.1. The molecular weight excluding hydrogens is 294 g/mol. The molecule has 2 rings (SSSR count). The van der Waals surface area contributed by atoms with E-state index in [-0.39, 0.29) is 11.8 Å². The van der Waals surface area contributed by atoms with Crippen molar-refractivity contribution in [3.8, 4) is 0 Å². The van der Waals surface area contributed by atoms with Gasteiger partial charge in [0.2, 0.25) is 0 Å². The van der Waals surface area contributed by atoms with Crippen LogP contribution < -0.4 is 0 Å². The van der Waals surface area contributed by atoms with E-state index in [9.17, 15) is 4.79 Å². The molecule has 4 nitrogen and oxygen atoms in total. The summed E-state index contributed by atoms with van der Waals surface area (Å²) in [6, 6.07) is 3.41. The van der Waals surface area contributed by atoms with Crippen molar-refractivity contribution in [3.63, 3.8) is 0 Å². The molecule has 0 spiro atoms. The molecule has 2 heterocycles. The van der Waals surface area contributed by atoms with Crippen LogP contribution >= 0.6 is 22.9 Å². The van der Waals surface area contributed by atoms with Crippen LogP contribution in [0.25, 0.3) is 0 Å². The molecule has 0 N–H and O–H groups in total. The van der Waals surface area contributed by atoms with Crippen LogP contribution in [0.2, 0.25) is 5.15 Å². The Kier molecular flexibility index (Phi) is 4.73. The molecule has 106 valence electrons. The Morgan fingerprint density at radius 1 is 1.45 bits per heavy atom. The van der Waals surface area contributed by atoms with Gasteiger partial charge in [0.25, 0.3) is 5.91 Å². The average Bonchev–Trinajstić information content (AvgIpc) is 2.89. The third-order valence-corrected chi connectivity index (χ3v) is 3.71. The van der Waals surface area contributed by atoms with E-state index < -0.39 is 0 Å². The third kappa shape index (κ3) is 3.55. The second-order valence-corrected chi connectivity index (χ2v) is 6.01. The van der Waals surface area contributed by atoms with Crippen LogP contribution in [-0.4, -0.2) is 27.8 Å². The number of hydrogen-bond donors (Lipinski definition) is 0. The lowest BCUT2D eigenvalue weighted by molar-refractivity contribution is 0.0783. The number of thiazole rings is 1. The van der Waals surface area contributed by atoms with E-state index >= 15 is 0 Å². The largest absolute Gasteiger partial charge is 0.336 e. The van der Waals surface area contributed by atoms with Crippen molar-refractivity contribution in [2.45, 2.75) is 26.3 Å². The van der Waals surface area contributed by atoms with Gasteiger partial charge >= 0.3 is 0 Å². The minimum absolute atomic E-state index is 0.0794. The van der Waals surface area contributed by atoms with E-state index in [1.165, 1.54) is 11.3 Å². The van der Waals surface area contributed by atoms with Gasteiger partial charge in [0.15, 0.2) is 0 Å². The number of amides is 1. The van der Waals surface area contributed by atoms with Gasteiger partial charge in [-0.05, 0) is 18.1 Å². The molecule has 2 aromatic rings. The van der Waals surface area contributed by atoms with Gasteiger partial charge in [-0.25, -0.2) is 9.97 Å². The van der Waals surface area contributed by atoms with Gasteiger partial charge in [-0.2, -0.15) is 0 Å². The molecule has 0 aliphatic heterocycles. The predicted octanol–water partition coefficient (Wildman–Crippen LogP) is 3.59. The minimum Gasteiger partial charge on any atom is -0.336 e. The lowest BCUT2D eigenvalue weighted by Crippen LogP contribution is -2.26. The molecule has 0 bridgehead atoms. The second kappa shape index (κ2) is 6.33. The molecule has 0 unspecified atom stereocenters. The molecule has 0 saturated carbocycles. The van der Waals surface area contributed by atoms with Crippen LogP contribution in [0.5, 0.6) is 0 Å². The summed E-state index contributed by atoms with van der Waals surface area (Å²) in [7, 11) is 1.76. The van der Waals surface area contributed by atoms with Crippen molar-refractivity contribution in [2.75, 3.05) is 7.05 Å². The highest BCUT2D eigenvalue weighted by molar-refractivity contribution is 7.07. The fourth-order valence-corrected chi connectivity index (χ4v) is 2.55. The summed E-state index contributed by atoms with van der Waals surface area (Å²) in [6.07, 6.45) is 0. The fraction of sp³-hybridized carbons (Fsp3) is 0.357. The normalized spacial score (nSPS) is 10.8. The van der Waals surface area contributed by atoms with Gasteiger partial charge in [0, 0.05) is 23.7 Å². The Bertz CT molecular complexity index is 598. The first-order valence-corrected chi connectivity index (χ1v) is 7.59. The van der Waals surface area contributed by atoms with Gasteiger partial charge in [-0.1, -0.05) is 25.4 Å². The quantitative estimate of drug-likeness (QED) is 0.811. The van der Waals surface area contributed by atoms with Crippen molar-refractivity contribution in [3.05, 3.63) is 45.1 Å². The Morgan fingerprint density at radius 2 is 2.20 bits per heavy atom. The first-order chi connectivity index (χ1) is 9.47. The van der Waals surface area contributed by atoms with Crippen molar-refractivity contribution in [1.82, 2.24) is 14.9 Å². The zero-order valence-corrected chi connectivity index (χ0v) is 13.2. The number of rotatable bonds is 4. The van der Waals surface area contributed by atoms with Crippen molar-refractivity contribution in [2.24, 2.45) is 0 Å². The molecule has 0 fully saturated rings. The number of halogens is 1. The molecule has 0 aromatic carbocycles. The topological polar surface area (TPSA) is 46.1 Å². The highest BCUT2D eigenvalue weighted by Gasteiger charge is 2.16. The standard InChI is InChI=1S/C14H16ClN3OS/c1-9(2)12-4-10(5-13(15)17-12)14(19)18(3)6-11-7-20-8-16-11/h4-5,7-9H,6H2,1-3H3. The summed E-state index contributed by atoms with van der Waals surface area (Å²) >= 11 is 7.51. The van der Waals surface area contributed by atoms with E-state index in [2.05, 4.69) is 9.97 Å². The summed E-state index contributed by atoms with van der Waals surface area (Å²) in [6.45, 7) is 4.52. The molecule has 0 saturated heterocycles. The number of hydrogen-bond acceptors (Lipinski definition) is 4. The molecule has 2 aromatic heterocycles. The van der Waals surface area contributed by atoms with Crippen LogP contribution in [0.3, 0.4) is 0 Å². The number of aromatic nitrogens is 2. The zero-order valence-electron chi connectivity index (χ0n) is 11.6. The average molecular weight is 310 g/mol. The second-order valence-electron chi connectivity index (χ2n) is 4.90. The van der Waals surface area contributed by atoms with Crippen LogP contribution in [0.15, 0.2) is 23.0 Å². The molecule has 20 heavy (non-hydrogen) atoms. The maximum atomic E-state index is 12.4. The summed E-state index contributed by atoms with van der Waals surface area (Å²) < 4.78 is 0. The number of nitrogens with zero attached hydrogens (tertiary/aromatic N) is 3. The zero-order chi connectivity index (χ0) is 14.7. The summed E-state index contributed by atoms with van der Waals surface area (Å²) in [5.74, 6) is 0.147. The summed E-state index contributed by atoms with van der Waals surface area (Å²) in [5, 5.41) is 2.28. The maximum Gasteiger partial charge on any atom is 0.254 e. The smallest absolute Gasteiger partial charge is 0.254 e. The van der Waals surface area contributed by atoms with E-state index in [0.717, 1.165) is 11.4 Å². The Labute approximate surface area is 127 Å². The Hall–Kier alpha value is -1.46. The predicted molar refractivity (Wildman–Crippen MR) is 81.2 cm³/mol. The Balaban J connectivity index is 2.19. The van der Waals surface area contributed by atoms with E-state index in [4.69, 9.17) is 11.6 Å². The van der Waals surface area contributed by atoms with Crippen LogP contribution in [0.4, 0.5) is 0 Å². The molecule has 0 radical (unpaired) electrons. The van der Waals surface area contributed by atoms with Crippen LogP contribution in [-0.2, 0) is 6.54 Å². The van der Waals surface area contributed by atoms with E-state index in [1.807, 2.05) is 19.2 Å². The molecular formula is C14H16ClN3OS. The molecule has 0 atom stereocenters. The van der Waals surface area contributed by atoms with Gasteiger partial charge in [0.05, 0.1) is 17.7 Å². The summed E-state index contributed by atoms with van der Waals surface area (Å²) in [5.41, 5.74) is 4.03. The van der Waals surface area contributed by atoms with Gasteiger partial charge in [-0.15, -0.1) is 11.3 Å². The number of pyridine rings is 1. The Morgan fingerprint density at radius 3 is 2.80 bits per heavy atom. The highest BCUT2D eigenvalue weighted by atomic mass is 35.5. The van der Waals surface area contributed by atoms with Crippen LogP contribution in [0, 0.1) is 0 Å². The maximum absolute atomic E-state index is 12.4. The van der Waals surface area contributed by atoms with Gasteiger partial charge < -0.3 is 4.90 Å². The number of carbonyl (C=O) groups excluding carboxylic acids is 1. The molecule has 0 aliphatic carbocycles. The van der Waals surface area contributed by atoms with E-state index in [1.54, 1.807) is 29.6 Å². The van der Waals surface area contributed by atoms with Crippen molar-refractivity contribution >= 4 is 28.8 Å². The first kappa shape index (κ1) is 14.9. The van der Waals surface area contributed by atoms with Crippen LogP contribution in [0.1, 0.15) is 41.5 Å². The summed E-state index contributed by atoms with van der Waals surface area (Å²) in [4.78, 5) is 22.5. The first-order valence-electron chi connectivity index (χ1n) is 6.27. The van der Waals surface area contributed by atoms with Gasteiger partial charge in [-0.3, -0.25) is 4.79 Å².